The van der Waals surface area contributed by atoms with E-state index < -0.39 is 0 Å². The number of hydrogen-bond acceptors (Lipinski definition) is 5. The summed E-state index contributed by atoms with van der Waals surface area (Å²) in [5.41, 5.74) is 2.25. The molecule has 0 radical (unpaired) electrons. The Bertz CT molecular complexity index is 944. The summed E-state index contributed by atoms with van der Waals surface area (Å²) in [5.74, 6) is 1.64. The van der Waals surface area contributed by atoms with Crippen molar-refractivity contribution in [3.63, 3.8) is 0 Å². The van der Waals surface area contributed by atoms with E-state index in [9.17, 15) is 9.18 Å². The molecule has 7 heteroatoms. The van der Waals surface area contributed by atoms with E-state index >= 15 is 0 Å². The quantitative estimate of drug-likeness (QED) is 0.714. The number of piperazine rings is 1. The maximum atomic E-state index is 13.2. The van der Waals surface area contributed by atoms with Crippen molar-refractivity contribution < 1.29 is 18.7 Å². The summed E-state index contributed by atoms with van der Waals surface area (Å²) in [6.45, 7) is 5.96. The van der Waals surface area contributed by atoms with Crippen molar-refractivity contribution in [2.75, 3.05) is 57.4 Å². The van der Waals surface area contributed by atoms with Crippen molar-refractivity contribution >= 4 is 11.6 Å². The second-order valence-electron chi connectivity index (χ2n) is 8.69. The van der Waals surface area contributed by atoms with E-state index in [1.54, 1.807) is 12.1 Å². The van der Waals surface area contributed by atoms with Crippen molar-refractivity contribution in [3.05, 3.63) is 53.8 Å². The second-order valence-corrected chi connectivity index (χ2v) is 8.69. The molecule has 1 atom stereocenters. The number of halogens is 1. The highest BCUT2D eigenvalue weighted by Gasteiger charge is 2.29. The fourth-order valence-electron chi connectivity index (χ4n) is 5.00. The van der Waals surface area contributed by atoms with Gasteiger partial charge in [-0.15, -0.1) is 0 Å². The normalized spacial score (nSPS) is 21.1. The van der Waals surface area contributed by atoms with Crippen LogP contribution < -0.4 is 14.4 Å². The number of nitrogens with zero attached hydrogens (tertiary/aromatic N) is 3. The number of carbonyl (C=O) groups excluding carboxylic acids is 1. The molecule has 0 spiro atoms. The molecule has 0 N–H and O–H groups in total. The largest absolute Gasteiger partial charge is 0.486 e. The molecular formula is C25H30FN3O3. The molecule has 6 nitrogen and oxygen atoms in total. The molecule has 2 fully saturated rings. The number of likely N-dealkylation sites (tertiary alicyclic amines) is 1. The van der Waals surface area contributed by atoms with E-state index in [4.69, 9.17) is 9.47 Å². The highest BCUT2D eigenvalue weighted by molar-refractivity contribution is 5.76. The summed E-state index contributed by atoms with van der Waals surface area (Å²) in [7, 11) is 0. The standard InChI is InChI=1S/C25H30FN3O3/c26-20-4-6-21(7-5-20)27-12-14-29(15-13-27)25(30)9-11-28-10-1-2-22(28)19-3-8-23-24(18-19)32-17-16-31-23/h3-8,18,22H,1-2,9-17H2. The lowest BCUT2D eigenvalue weighted by Gasteiger charge is -2.36. The van der Waals surface area contributed by atoms with Crippen LogP contribution >= 0.6 is 0 Å². The van der Waals surface area contributed by atoms with Crippen LogP contribution in [0.4, 0.5) is 10.1 Å². The smallest absolute Gasteiger partial charge is 0.223 e. The summed E-state index contributed by atoms with van der Waals surface area (Å²) >= 11 is 0. The van der Waals surface area contributed by atoms with Crippen LogP contribution in [0, 0.1) is 5.82 Å². The van der Waals surface area contributed by atoms with E-state index in [-0.39, 0.29) is 11.7 Å². The molecule has 1 unspecified atom stereocenters. The van der Waals surface area contributed by atoms with Gasteiger partial charge in [-0.05, 0) is 61.3 Å². The van der Waals surface area contributed by atoms with E-state index in [2.05, 4.69) is 21.9 Å². The molecule has 5 rings (SSSR count). The average Bonchev–Trinajstić information content (AvgIpc) is 3.31. The first kappa shape index (κ1) is 21.1. The Labute approximate surface area is 188 Å². The number of carbonyl (C=O) groups is 1. The number of ether oxygens (including phenoxy) is 2. The first-order chi connectivity index (χ1) is 15.7. The lowest BCUT2D eigenvalue weighted by atomic mass is 10.0. The van der Waals surface area contributed by atoms with Crippen molar-refractivity contribution in [1.82, 2.24) is 9.80 Å². The summed E-state index contributed by atoms with van der Waals surface area (Å²) in [5, 5.41) is 0. The Kier molecular flexibility index (Phi) is 6.17. The number of anilines is 1. The van der Waals surface area contributed by atoms with E-state index in [1.807, 2.05) is 11.0 Å². The zero-order valence-corrected chi connectivity index (χ0v) is 18.3. The molecule has 2 saturated heterocycles. The van der Waals surface area contributed by atoms with E-state index in [0.717, 1.165) is 56.2 Å². The highest BCUT2D eigenvalue weighted by atomic mass is 19.1. The first-order valence-corrected chi connectivity index (χ1v) is 11.6. The van der Waals surface area contributed by atoms with Crippen LogP contribution in [0.2, 0.25) is 0 Å². The number of fused-ring (bicyclic) bond motifs is 1. The van der Waals surface area contributed by atoms with Crippen molar-refractivity contribution in [2.24, 2.45) is 0 Å². The van der Waals surface area contributed by atoms with Crippen LogP contribution in [0.15, 0.2) is 42.5 Å². The Hall–Kier alpha value is -2.80. The molecule has 32 heavy (non-hydrogen) atoms. The molecule has 3 aliphatic rings. The third-order valence-electron chi connectivity index (χ3n) is 6.75. The van der Waals surface area contributed by atoms with Gasteiger partial charge in [-0.1, -0.05) is 6.07 Å². The van der Waals surface area contributed by atoms with Gasteiger partial charge >= 0.3 is 0 Å². The molecule has 3 heterocycles. The third-order valence-corrected chi connectivity index (χ3v) is 6.75. The van der Waals surface area contributed by atoms with Gasteiger partial charge in [0.2, 0.25) is 5.91 Å². The van der Waals surface area contributed by atoms with Crippen molar-refractivity contribution in [1.29, 1.82) is 0 Å². The van der Waals surface area contributed by atoms with Gasteiger partial charge in [0, 0.05) is 50.9 Å². The predicted octanol–water partition coefficient (Wildman–Crippen LogP) is 3.47. The summed E-state index contributed by atoms with van der Waals surface area (Å²) in [6.07, 6.45) is 2.78. The molecule has 0 aromatic heterocycles. The minimum Gasteiger partial charge on any atom is -0.486 e. The van der Waals surface area contributed by atoms with Crippen LogP contribution in [0.25, 0.3) is 0 Å². The molecule has 2 aromatic carbocycles. The van der Waals surface area contributed by atoms with Gasteiger partial charge in [-0.3, -0.25) is 9.69 Å². The molecule has 170 valence electrons. The van der Waals surface area contributed by atoms with Crippen LogP contribution in [0.1, 0.15) is 30.9 Å². The monoisotopic (exact) mass is 439 g/mol. The van der Waals surface area contributed by atoms with Crippen LogP contribution in [-0.2, 0) is 4.79 Å². The predicted molar refractivity (Wildman–Crippen MR) is 121 cm³/mol. The molecule has 0 saturated carbocycles. The number of hydrogen-bond donors (Lipinski definition) is 0. The van der Waals surface area contributed by atoms with Gasteiger partial charge in [0.1, 0.15) is 19.0 Å². The molecular weight excluding hydrogens is 409 g/mol. The number of amides is 1. The van der Waals surface area contributed by atoms with Gasteiger partial charge in [-0.25, -0.2) is 4.39 Å². The van der Waals surface area contributed by atoms with Crippen LogP contribution in [-0.4, -0.2) is 68.2 Å². The van der Waals surface area contributed by atoms with Crippen molar-refractivity contribution in [2.45, 2.75) is 25.3 Å². The summed E-state index contributed by atoms with van der Waals surface area (Å²) in [6, 6.07) is 13.2. The lowest BCUT2D eigenvalue weighted by molar-refractivity contribution is -0.131. The maximum Gasteiger partial charge on any atom is 0.223 e. The Balaban J connectivity index is 1.13. The van der Waals surface area contributed by atoms with Gasteiger partial charge in [0.15, 0.2) is 11.5 Å². The van der Waals surface area contributed by atoms with E-state index in [0.29, 0.717) is 38.8 Å². The SMILES string of the molecule is O=C(CCN1CCCC1c1ccc2c(c1)OCCO2)N1CCN(c2ccc(F)cc2)CC1. The van der Waals surface area contributed by atoms with Gasteiger partial charge in [0.05, 0.1) is 0 Å². The minimum absolute atomic E-state index is 0.219. The summed E-state index contributed by atoms with van der Waals surface area (Å²) in [4.78, 5) is 19.5. The average molecular weight is 440 g/mol. The molecule has 0 aliphatic carbocycles. The zero-order chi connectivity index (χ0) is 21.9. The molecule has 0 bridgehead atoms. The maximum absolute atomic E-state index is 13.2. The van der Waals surface area contributed by atoms with Gasteiger partial charge in [-0.2, -0.15) is 0 Å². The minimum atomic E-state index is -0.223. The highest BCUT2D eigenvalue weighted by Crippen LogP contribution is 2.38. The Morgan fingerprint density at radius 2 is 1.69 bits per heavy atom. The lowest BCUT2D eigenvalue weighted by Crippen LogP contribution is -2.49. The Morgan fingerprint density at radius 3 is 2.47 bits per heavy atom. The number of benzene rings is 2. The molecule has 1 amide bonds. The molecule has 3 aliphatic heterocycles. The first-order valence-electron chi connectivity index (χ1n) is 11.6. The summed E-state index contributed by atoms with van der Waals surface area (Å²) < 4.78 is 24.6. The van der Waals surface area contributed by atoms with Crippen LogP contribution in [0.5, 0.6) is 11.5 Å². The Morgan fingerprint density at radius 1 is 0.938 bits per heavy atom. The fraction of sp³-hybridized carbons (Fsp3) is 0.480. The van der Waals surface area contributed by atoms with Crippen molar-refractivity contribution in [3.8, 4) is 11.5 Å². The topological polar surface area (TPSA) is 45.3 Å². The van der Waals surface area contributed by atoms with Crippen LogP contribution in [0.3, 0.4) is 0 Å². The van der Waals surface area contributed by atoms with Gasteiger partial charge in [0.25, 0.3) is 0 Å². The fourth-order valence-corrected chi connectivity index (χ4v) is 5.00. The second kappa shape index (κ2) is 9.36. The zero-order valence-electron chi connectivity index (χ0n) is 18.3. The van der Waals surface area contributed by atoms with E-state index in [1.165, 1.54) is 17.7 Å². The van der Waals surface area contributed by atoms with Gasteiger partial charge < -0.3 is 19.3 Å². The third kappa shape index (κ3) is 4.53. The number of rotatable bonds is 5. The molecule has 2 aromatic rings.